The molecule has 1 aliphatic rings. The van der Waals surface area contributed by atoms with Gasteiger partial charge in [0, 0.05) is 24.9 Å². The molecule has 1 aliphatic heterocycles. The van der Waals surface area contributed by atoms with Crippen LogP contribution in [0.15, 0.2) is 42.6 Å². The predicted octanol–water partition coefficient (Wildman–Crippen LogP) is 1.82. The summed E-state index contributed by atoms with van der Waals surface area (Å²) >= 11 is 0. The first-order valence-electron chi connectivity index (χ1n) is 7.90. The van der Waals surface area contributed by atoms with Crippen molar-refractivity contribution in [2.75, 3.05) is 6.54 Å². The van der Waals surface area contributed by atoms with Gasteiger partial charge in [-0.3, -0.25) is 14.6 Å². The molecular formula is C18H18FN3O2. The van der Waals surface area contributed by atoms with Crippen molar-refractivity contribution in [2.24, 2.45) is 0 Å². The lowest BCUT2D eigenvalue weighted by atomic mass is 10.1. The average Bonchev–Trinajstić information content (AvgIpc) is 2.57. The van der Waals surface area contributed by atoms with Crippen LogP contribution in [0.3, 0.4) is 0 Å². The van der Waals surface area contributed by atoms with Gasteiger partial charge in [-0.05, 0) is 42.7 Å². The van der Waals surface area contributed by atoms with Crippen molar-refractivity contribution >= 4 is 11.8 Å². The Balaban J connectivity index is 1.63. The maximum atomic E-state index is 13.2. The maximum Gasteiger partial charge on any atom is 0.253 e. The Morgan fingerprint density at radius 3 is 2.92 bits per heavy atom. The van der Waals surface area contributed by atoms with Crippen LogP contribution < -0.4 is 10.6 Å². The van der Waals surface area contributed by atoms with Gasteiger partial charge in [0.25, 0.3) is 5.91 Å². The maximum absolute atomic E-state index is 13.2. The number of benzene rings is 1. The first-order chi connectivity index (χ1) is 11.6. The van der Waals surface area contributed by atoms with Crippen LogP contribution >= 0.6 is 0 Å². The molecule has 6 heteroatoms. The zero-order valence-corrected chi connectivity index (χ0v) is 13.1. The van der Waals surface area contributed by atoms with E-state index < -0.39 is 6.04 Å². The molecule has 1 saturated heterocycles. The molecule has 1 atom stereocenters. The Morgan fingerprint density at radius 1 is 1.33 bits per heavy atom. The first kappa shape index (κ1) is 16.1. The molecule has 1 aromatic heterocycles. The second-order valence-electron chi connectivity index (χ2n) is 5.80. The summed E-state index contributed by atoms with van der Waals surface area (Å²) in [6.45, 7) is 0.654. The average molecular weight is 327 g/mol. The molecule has 1 unspecified atom stereocenters. The third-order valence-corrected chi connectivity index (χ3v) is 3.95. The molecule has 2 heterocycles. The normalized spacial score (nSPS) is 17.2. The highest BCUT2D eigenvalue weighted by atomic mass is 19.1. The molecule has 2 amide bonds. The summed E-state index contributed by atoms with van der Waals surface area (Å²) in [5.74, 6) is -0.749. The lowest BCUT2D eigenvalue weighted by molar-refractivity contribution is -0.124. The number of hydrogen-bond donors (Lipinski definition) is 2. The second kappa shape index (κ2) is 7.21. The van der Waals surface area contributed by atoms with Gasteiger partial charge >= 0.3 is 0 Å². The fraction of sp³-hybridized carbons (Fsp3) is 0.278. The summed E-state index contributed by atoms with van der Waals surface area (Å²) in [4.78, 5) is 28.1. The van der Waals surface area contributed by atoms with E-state index >= 15 is 0 Å². The van der Waals surface area contributed by atoms with Crippen LogP contribution in [-0.2, 0) is 11.2 Å². The van der Waals surface area contributed by atoms with Crippen molar-refractivity contribution in [3.63, 3.8) is 0 Å². The first-order valence-corrected chi connectivity index (χ1v) is 7.90. The highest BCUT2D eigenvalue weighted by Gasteiger charge is 2.24. The van der Waals surface area contributed by atoms with Gasteiger partial charge in [-0.1, -0.05) is 12.1 Å². The number of amides is 2. The van der Waals surface area contributed by atoms with Crippen molar-refractivity contribution in [3.8, 4) is 0 Å². The standard InChI is InChI=1S/C18H18FN3O2/c19-14-4-1-3-12(9-14)10-15-7-6-13(11-21-15)17(23)22-16-5-2-8-20-18(16)24/h1,3-4,6-7,9,11,16H,2,5,8,10H2,(H,20,24)(H,22,23). The van der Waals surface area contributed by atoms with Gasteiger partial charge in [0.1, 0.15) is 11.9 Å². The van der Waals surface area contributed by atoms with Gasteiger partial charge in [-0.2, -0.15) is 0 Å². The highest BCUT2D eigenvalue weighted by molar-refractivity contribution is 5.97. The van der Waals surface area contributed by atoms with E-state index in [9.17, 15) is 14.0 Å². The summed E-state index contributed by atoms with van der Waals surface area (Å²) in [6.07, 6.45) is 3.46. The number of carbonyl (C=O) groups is 2. The lowest BCUT2D eigenvalue weighted by Crippen LogP contribution is -2.50. The van der Waals surface area contributed by atoms with Gasteiger partial charge in [0.15, 0.2) is 0 Å². The number of nitrogens with one attached hydrogen (secondary N) is 2. The number of piperidine rings is 1. The minimum atomic E-state index is -0.488. The zero-order valence-electron chi connectivity index (χ0n) is 13.1. The number of hydrogen-bond acceptors (Lipinski definition) is 3. The van der Waals surface area contributed by atoms with Gasteiger partial charge < -0.3 is 10.6 Å². The molecule has 0 radical (unpaired) electrons. The van der Waals surface area contributed by atoms with Crippen LogP contribution in [0.25, 0.3) is 0 Å². The Labute approximate surface area is 139 Å². The van der Waals surface area contributed by atoms with Crippen LogP contribution in [0, 0.1) is 5.82 Å². The van der Waals surface area contributed by atoms with E-state index in [2.05, 4.69) is 15.6 Å². The van der Waals surface area contributed by atoms with E-state index in [-0.39, 0.29) is 17.6 Å². The molecule has 3 rings (SSSR count). The fourth-order valence-electron chi connectivity index (χ4n) is 2.67. The third kappa shape index (κ3) is 3.95. The third-order valence-electron chi connectivity index (χ3n) is 3.95. The molecule has 0 bridgehead atoms. The Morgan fingerprint density at radius 2 is 2.21 bits per heavy atom. The molecule has 1 aromatic carbocycles. The van der Waals surface area contributed by atoms with Crippen LogP contribution in [0.4, 0.5) is 4.39 Å². The Bertz CT molecular complexity index is 746. The summed E-state index contributed by atoms with van der Waals surface area (Å²) in [7, 11) is 0. The molecular weight excluding hydrogens is 309 g/mol. The van der Waals surface area contributed by atoms with Crippen LogP contribution in [0.1, 0.15) is 34.5 Å². The number of nitrogens with zero attached hydrogens (tertiary/aromatic N) is 1. The molecule has 2 N–H and O–H groups in total. The van der Waals surface area contributed by atoms with Crippen molar-refractivity contribution in [3.05, 3.63) is 65.2 Å². The quantitative estimate of drug-likeness (QED) is 0.900. The van der Waals surface area contributed by atoms with E-state index in [0.717, 1.165) is 17.7 Å². The van der Waals surface area contributed by atoms with Crippen molar-refractivity contribution in [2.45, 2.75) is 25.3 Å². The molecule has 0 spiro atoms. The van der Waals surface area contributed by atoms with E-state index in [0.29, 0.717) is 24.9 Å². The molecule has 124 valence electrons. The monoisotopic (exact) mass is 327 g/mol. The van der Waals surface area contributed by atoms with E-state index in [1.165, 1.54) is 18.3 Å². The minimum absolute atomic E-state index is 0.148. The van der Waals surface area contributed by atoms with Crippen molar-refractivity contribution in [1.82, 2.24) is 15.6 Å². The molecule has 1 fully saturated rings. The van der Waals surface area contributed by atoms with E-state index in [1.807, 2.05) is 6.07 Å². The van der Waals surface area contributed by atoms with Gasteiger partial charge in [0.05, 0.1) is 5.56 Å². The number of carbonyl (C=O) groups excluding carboxylic acids is 2. The molecule has 5 nitrogen and oxygen atoms in total. The Kier molecular flexibility index (Phi) is 4.84. The fourth-order valence-corrected chi connectivity index (χ4v) is 2.67. The smallest absolute Gasteiger partial charge is 0.253 e. The second-order valence-corrected chi connectivity index (χ2v) is 5.80. The highest BCUT2D eigenvalue weighted by Crippen LogP contribution is 2.11. The largest absolute Gasteiger partial charge is 0.354 e. The zero-order chi connectivity index (χ0) is 16.9. The summed E-state index contributed by atoms with van der Waals surface area (Å²) in [5.41, 5.74) is 1.96. The van der Waals surface area contributed by atoms with Gasteiger partial charge in [-0.25, -0.2) is 4.39 Å². The van der Waals surface area contributed by atoms with Crippen LogP contribution in [0.5, 0.6) is 0 Å². The van der Waals surface area contributed by atoms with Crippen LogP contribution in [-0.4, -0.2) is 29.4 Å². The number of halogens is 1. The van der Waals surface area contributed by atoms with Crippen molar-refractivity contribution in [1.29, 1.82) is 0 Å². The summed E-state index contributed by atoms with van der Waals surface area (Å²) < 4.78 is 13.2. The van der Waals surface area contributed by atoms with Gasteiger partial charge in [0.2, 0.25) is 5.91 Å². The number of pyridine rings is 1. The molecule has 0 aliphatic carbocycles. The van der Waals surface area contributed by atoms with Gasteiger partial charge in [-0.15, -0.1) is 0 Å². The molecule has 2 aromatic rings. The molecule has 24 heavy (non-hydrogen) atoms. The van der Waals surface area contributed by atoms with Crippen molar-refractivity contribution < 1.29 is 14.0 Å². The Hall–Kier alpha value is -2.76. The lowest BCUT2D eigenvalue weighted by Gasteiger charge is -2.22. The SMILES string of the molecule is O=C(NC1CCCNC1=O)c1ccc(Cc2cccc(F)c2)nc1. The predicted molar refractivity (Wildman–Crippen MR) is 86.9 cm³/mol. The number of rotatable bonds is 4. The van der Waals surface area contributed by atoms with E-state index in [4.69, 9.17) is 0 Å². The molecule has 0 saturated carbocycles. The topological polar surface area (TPSA) is 71.1 Å². The van der Waals surface area contributed by atoms with E-state index in [1.54, 1.807) is 18.2 Å². The van der Waals surface area contributed by atoms with Crippen LogP contribution in [0.2, 0.25) is 0 Å². The summed E-state index contributed by atoms with van der Waals surface area (Å²) in [5, 5.41) is 5.45. The number of aromatic nitrogens is 1. The minimum Gasteiger partial charge on any atom is -0.354 e. The summed E-state index contributed by atoms with van der Waals surface area (Å²) in [6, 6.07) is 9.25.